The summed E-state index contributed by atoms with van der Waals surface area (Å²) in [5, 5.41) is 12.3. The van der Waals surface area contributed by atoms with Gasteiger partial charge >= 0.3 is 0 Å². The Bertz CT molecular complexity index is 1050. The van der Waals surface area contributed by atoms with Crippen LogP contribution in [0.15, 0.2) is 59.1 Å². The zero-order chi connectivity index (χ0) is 20.4. The molecule has 1 heterocycles. The SMILES string of the molecule is C=CCc1cc(/C=C2\C(=O)NC(=S)N(c3ccccc3F)C2=O)cc(Br)c1O. The highest BCUT2D eigenvalue weighted by atomic mass is 79.9. The number of halogens is 2. The molecule has 28 heavy (non-hydrogen) atoms. The average molecular weight is 461 g/mol. The van der Waals surface area contributed by atoms with Crippen molar-refractivity contribution in [2.24, 2.45) is 0 Å². The normalized spacial score (nSPS) is 15.7. The second-order valence-electron chi connectivity index (χ2n) is 5.91. The molecule has 0 aliphatic carbocycles. The maximum atomic E-state index is 14.2. The Kier molecular flexibility index (Phi) is 5.71. The van der Waals surface area contributed by atoms with Crippen molar-refractivity contribution >= 4 is 56.8 Å². The van der Waals surface area contributed by atoms with E-state index >= 15 is 0 Å². The van der Waals surface area contributed by atoms with Crippen molar-refractivity contribution in [2.75, 3.05) is 4.90 Å². The van der Waals surface area contributed by atoms with Crippen LogP contribution in [0.2, 0.25) is 0 Å². The molecule has 0 spiro atoms. The summed E-state index contributed by atoms with van der Waals surface area (Å²) in [6.07, 6.45) is 3.38. The van der Waals surface area contributed by atoms with E-state index in [1.54, 1.807) is 24.3 Å². The van der Waals surface area contributed by atoms with Crippen LogP contribution >= 0.6 is 28.1 Å². The van der Waals surface area contributed by atoms with Crippen LogP contribution in [0.1, 0.15) is 11.1 Å². The van der Waals surface area contributed by atoms with Crippen LogP contribution in [0.3, 0.4) is 0 Å². The summed E-state index contributed by atoms with van der Waals surface area (Å²) in [5.41, 5.74) is 0.810. The number of phenols is 1. The second-order valence-corrected chi connectivity index (χ2v) is 7.15. The highest BCUT2D eigenvalue weighted by Crippen LogP contribution is 2.31. The number of carbonyl (C=O) groups is 2. The molecule has 142 valence electrons. The summed E-state index contributed by atoms with van der Waals surface area (Å²) in [4.78, 5) is 26.2. The Labute approximate surface area is 174 Å². The van der Waals surface area contributed by atoms with Gasteiger partial charge in [-0.1, -0.05) is 18.2 Å². The maximum Gasteiger partial charge on any atom is 0.270 e. The van der Waals surface area contributed by atoms with Gasteiger partial charge in [-0.2, -0.15) is 0 Å². The van der Waals surface area contributed by atoms with Crippen LogP contribution < -0.4 is 10.2 Å². The molecule has 5 nitrogen and oxygen atoms in total. The van der Waals surface area contributed by atoms with Crippen molar-refractivity contribution in [2.45, 2.75) is 6.42 Å². The number of phenolic OH excluding ortho intramolecular Hbond substituents is 1. The number of amides is 2. The van der Waals surface area contributed by atoms with Crippen molar-refractivity contribution in [3.63, 3.8) is 0 Å². The zero-order valence-electron chi connectivity index (χ0n) is 14.4. The molecule has 3 rings (SSSR count). The van der Waals surface area contributed by atoms with E-state index in [0.717, 1.165) is 4.90 Å². The Morgan fingerprint density at radius 2 is 2.00 bits per heavy atom. The van der Waals surface area contributed by atoms with Crippen LogP contribution in [0, 0.1) is 5.82 Å². The lowest BCUT2D eigenvalue weighted by molar-refractivity contribution is -0.122. The van der Waals surface area contributed by atoms with Gasteiger partial charge in [0, 0.05) is 0 Å². The van der Waals surface area contributed by atoms with Gasteiger partial charge in [-0.05, 0) is 76.0 Å². The zero-order valence-corrected chi connectivity index (χ0v) is 16.8. The number of nitrogens with one attached hydrogen (secondary N) is 1. The molecule has 2 aromatic carbocycles. The summed E-state index contributed by atoms with van der Waals surface area (Å²) in [6.45, 7) is 3.64. The molecule has 1 aliphatic rings. The van der Waals surface area contributed by atoms with Gasteiger partial charge in [0.2, 0.25) is 0 Å². The number of allylic oxidation sites excluding steroid dienone is 1. The molecule has 2 amide bonds. The number of hydrogen-bond acceptors (Lipinski definition) is 4. The van der Waals surface area contributed by atoms with Crippen LogP contribution in [-0.2, 0) is 16.0 Å². The van der Waals surface area contributed by atoms with E-state index in [1.165, 1.54) is 24.3 Å². The van der Waals surface area contributed by atoms with E-state index in [0.29, 0.717) is 22.0 Å². The van der Waals surface area contributed by atoms with Gasteiger partial charge < -0.3 is 5.11 Å². The molecule has 1 aliphatic heterocycles. The third-order valence-electron chi connectivity index (χ3n) is 4.03. The standard InChI is InChI=1S/C20H14BrFN2O3S/c1-2-5-12-8-11(10-14(21)17(12)25)9-13-18(26)23-20(28)24(19(13)27)16-7-4-3-6-15(16)22/h2-4,6-10,25H,1,5H2,(H,23,26,28)/b13-9+. The Balaban J connectivity index is 2.07. The van der Waals surface area contributed by atoms with E-state index in [2.05, 4.69) is 27.8 Å². The molecule has 0 saturated carbocycles. The first-order chi connectivity index (χ1) is 13.3. The first kappa shape index (κ1) is 19.9. The number of anilines is 1. The molecule has 2 N–H and O–H groups in total. The predicted octanol–water partition coefficient (Wildman–Crippen LogP) is 3.85. The highest BCUT2D eigenvalue weighted by molar-refractivity contribution is 9.10. The van der Waals surface area contributed by atoms with E-state index < -0.39 is 17.6 Å². The van der Waals surface area contributed by atoms with Crippen molar-refractivity contribution in [1.29, 1.82) is 0 Å². The first-order valence-corrected chi connectivity index (χ1v) is 9.32. The number of thiocarbonyl (C=S) groups is 1. The van der Waals surface area contributed by atoms with Gasteiger partial charge in [0.1, 0.15) is 17.1 Å². The van der Waals surface area contributed by atoms with Crippen molar-refractivity contribution in [1.82, 2.24) is 5.32 Å². The lowest BCUT2D eigenvalue weighted by atomic mass is 10.0. The molecule has 1 fully saturated rings. The molecule has 0 radical (unpaired) electrons. The number of hydrogen-bond donors (Lipinski definition) is 2. The van der Waals surface area contributed by atoms with Gasteiger partial charge in [-0.25, -0.2) is 9.29 Å². The van der Waals surface area contributed by atoms with E-state index in [4.69, 9.17) is 12.2 Å². The lowest BCUT2D eigenvalue weighted by Gasteiger charge is -2.29. The van der Waals surface area contributed by atoms with Crippen LogP contribution in [0.25, 0.3) is 6.08 Å². The number of nitrogens with zero attached hydrogens (tertiary/aromatic N) is 1. The van der Waals surface area contributed by atoms with E-state index in [1.807, 2.05) is 0 Å². The van der Waals surface area contributed by atoms with Crippen molar-refractivity contribution in [3.05, 3.63) is 76.0 Å². The molecular weight excluding hydrogens is 447 g/mol. The molecular formula is C20H14BrFN2O3S. The fraction of sp³-hybridized carbons (Fsp3) is 0.0500. The molecule has 0 atom stereocenters. The number of para-hydroxylation sites is 1. The molecule has 1 saturated heterocycles. The number of carbonyl (C=O) groups excluding carboxylic acids is 2. The van der Waals surface area contributed by atoms with Crippen molar-refractivity contribution < 1.29 is 19.1 Å². The average Bonchev–Trinajstić information content (AvgIpc) is 2.64. The Hall–Kier alpha value is -2.84. The van der Waals surface area contributed by atoms with E-state index in [-0.39, 0.29) is 22.1 Å². The van der Waals surface area contributed by atoms with Gasteiger partial charge in [0.25, 0.3) is 11.8 Å². The predicted molar refractivity (Wildman–Crippen MR) is 112 cm³/mol. The molecule has 8 heteroatoms. The van der Waals surface area contributed by atoms with Gasteiger partial charge in [0.15, 0.2) is 5.11 Å². The third kappa shape index (κ3) is 3.74. The first-order valence-electron chi connectivity index (χ1n) is 8.11. The summed E-state index contributed by atoms with van der Waals surface area (Å²) in [5.74, 6) is -2.02. The van der Waals surface area contributed by atoms with Crippen LogP contribution in [0.5, 0.6) is 5.75 Å². The van der Waals surface area contributed by atoms with E-state index in [9.17, 15) is 19.1 Å². The summed E-state index contributed by atoms with van der Waals surface area (Å²) < 4.78 is 14.6. The smallest absolute Gasteiger partial charge is 0.270 e. The molecule has 0 aromatic heterocycles. The van der Waals surface area contributed by atoms with Crippen LogP contribution in [0.4, 0.5) is 10.1 Å². The monoisotopic (exact) mass is 460 g/mol. The lowest BCUT2D eigenvalue weighted by Crippen LogP contribution is -2.54. The summed E-state index contributed by atoms with van der Waals surface area (Å²) in [7, 11) is 0. The maximum absolute atomic E-state index is 14.2. The topological polar surface area (TPSA) is 69.6 Å². The largest absolute Gasteiger partial charge is 0.506 e. The number of benzene rings is 2. The Morgan fingerprint density at radius 1 is 1.29 bits per heavy atom. The van der Waals surface area contributed by atoms with Crippen molar-refractivity contribution in [3.8, 4) is 5.75 Å². The minimum atomic E-state index is -0.742. The number of aromatic hydroxyl groups is 1. The molecule has 0 unspecified atom stereocenters. The fourth-order valence-electron chi connectivity index (χ4n) is 2.75. The number of rotatable bonds is 4. The second kappa shape index (κ2) is 8.04. The molecule has 0 bridgehead atoms. The van der Waals surface area contributed by atoms with Gasteiger partial charge in [-0.3, -0.25) is 14.9 Å². The third-order valence-corrected chi connectivity index (χ3v) is 4.92. The summed E-state index contributed by atoms with van der Waals surface area (Å²) >= 11 is 8.31. The van der Waals surface area contributed by atoms with Gasteiger partial charge in [0.05, 0.1) is 10.2 Å². The van der Waals surface area contributed by atoms with Gasteiger partial charge in [-0.15, -0.1) is 6.58 Å². The quantitative estimate of drug-likeness (QED) is 0.314. The minimum absolute atomic E-state index is 0.0515. The van der Waals surface area contributed by atoms with Crippen LogP contribution in [-0.4, -0.2) is 22.0 Å². The highest BCUT2D eigenvalue weighted by Gasteiger charge is 2.35. The fourth-order valence-corrected chi connectivity index (χ4v) is 3.54. The molecule has 2 aromatic rings. The summed E-state index contributed by atoms with van der Waals surface area (Å²) in [6, 6.07) is 8.84. The Morgan fingerprint density at radius 3 is 2.68 bits per heavy atom. The minimum Gasteiger partial charge on any atom is -0.506 e.